The van der Waals surface area contributed by atoms with Crippen LogP contribution in [0.4, 0.5) is 0 Å². The highest BCUT2D eigenvalue weighted by Gasteiger charge is 2.14. The van der Waals surface area contributed by atoms with Gasteiger partial charge < -0.3 is 9.84 Å². The van der Waals surface area contributed by atoms with E-state index in [1.807, 2.05) is 37.3 Å². The van der Waals surface area contributed by atoms with Crippen LogP contribution < -0.4 is 10.2 Å². The molecule has 136 valence electrons. The van der Waals surface area contributed by atoms with E-state index >= 15 is 0 Å². The van der Waals surface area contributed by atoms with Crippen molar-refractivity contribution in [3.05, 3.63) is 95.1 Å². The number of aromatic hydroxyl groups is 1. The fourth-order valence-corrected chi connectivity index (χ4v) is 2.59. The van der Waals surface area contributed by atoms with Crippen LogP contribution in [0.5, 0.6) is 11.5 Å². The molecule has 0 heterocycles. The van der Waals surface area contributed by atoms with Crippen molar-refractivity contribution < 1.29 is 14.6 Å². The summed E-state index contributed by atoms with van der Waals surface area (Å²) in [5, 5.41) is 14.7. The lowest BCUT2D eigenvalue weighted by atomic mass is 10.0. The van der Waals surface area contributed by atoms with E-state index in [4.69, 9.17) is 4.74 Å². The van der Waals surface area contributed by atoms with Crippen molar-refractivity contribution in [1.82, 2.24) is 5.43 Å². The minimum atomic E-state index is -0.326. The molecule has 0 saturated heterocycles. The summed E-state index contributed by atoms with van der Waals surface area (Å²) in [6.45, 7) is 1.99. The van der Waals surface area contributed by atoms with Crippen molar-refractivity contribution in [3.8, 4) is 11.5 Å². The molecule has 0 aliphatic heterocycles. The molecular formula is C22H20N2O3. The third-order valence-corrected chi connectivity index (χ3v) is 4.09. The minimum Gasteiger partial charge on any atom is -0.507 e. The zero-order chi connectivity index (χ0) is 19.2. The Labute approximate surface area is 157 Å². The molecule has 1 amide bonds. The molecule has 0 spiro atoms. The van der Waals surface area contributed by atoms with E-state index in [9.17, 15) is 9.90 Å². The van der Waals surface area contributed by atoms with Crippen LogP contribution in [0.1, 0.15) is 27.0 Å². The Morgan fingerprint density at radius 2 is 1.67 bits per heavy atom. The summed E-state index contributed by atoms with van der Waals surface area (Å²) >= 11 is 0. The number of nitrogens with one attached hydrogen (secondary N) is 1. The number of nitrogens with zero attached hydrogens (tertiary/aromatic N) is 1. The number of phenols is 1. The summed E-state index contributed by atoms with van der Waals surface area (Å²) < 4.78 is 5.14. The van der Waals surface area contributed by atoms with Gasteiger partial charge in [-0.15, -0.1) is 0 Å². The predicted octanol–water partition coefficient (Wildman–Crippen LogP) is 3.89. The topological polar surface area (TPSA) is 70.9 Å². The second kappa shape index (κ2) is 8.19. The van der Waals surface area contributed by atoms with Gasteiger partial charge in [-0.1, -0.05) is 48.0 Å². The monoisotopic (exact) mass is 360 g/mol. The van der Waals surface area contributed by atoms with Gasteiger partial charge in [0.25, 0.3) is 5.91 Å². The Morgan fingerprint density at radius 3 is 2.30 bits per heavy atom. The number of hydrazone groups is 1. The van der Waals surface area contributed by atoms with E-state index in [-0.39, 0.29) is 11.7 Å². The summed E-state index contributed by atoms with van der Waals surface area (Å²) in [6.07, 6.45) is 0. The number of benzene rings is 3. The van der Waals surface area contributed by atoms with Gasteiger partial charge in [0.1, 0.15) is 17.2 Å². The lowest BCUT2D eigenvalue weighted by Crippen LogP contribution is -2.20. The van der Waals surface area contributed by atoms with Crippen molar-refractivity contribution in [2.24, 2.45) is 5.10 Å². The fraction of sp³-hybridized carbons (Fsp3) is 0.0909. The number of rotatable bonds is 5. The number of hydrogen-bond donors (Lipinski definition) is 2. The van der Waals surface area contributed by atoms with Crippen LogP contribution in [0, 0.1) is 6.92 Å². The Bertz CT molecular complexity index is 965. The van der Waals surface area contributed by atoms with Crippen molar-refractivity contribution >= 4 is 11.6 Å². The molecule has 3 aromatic rings. The maximum absolute atomic E-state index is 12.4. The average Bonchev–Trinajstić information content (AvgIpc) is 2.70. The molecule has 0 fully saturated rings. The van der Waals surface area contributed by atoms with E-state index in [0.717, 1.165) is 11.1 Å². The highest BCUT2D eigenvalue weighted by atomic mass is 16.5. The van der Waals surface area contributed by atoms with Gasteiger partial charge >= 0.3 is 0 Å². The molecule has 0 radical (unpaired) electrons. The van der Waals surface area contributed by atoms with Crippen LogP contribution in [-0.4, -0.2) is 23.8 Å². The molecule has 0 unspecified atom stereocenters. The number of amides is 1. The Balaban J connectivity index is 2.00. The van der Waals surface area contributed by atoms with Crippen molar-refractivity contribution in [2.45, 2.75) is 6.92 Å². The molecule has 3 aromatic carbocycles. The van der Waals surface area contributed by atoms with Gasteiger partial charge in [-0.2, -0.15) is 5.10 Å². The van der Waals surface area contributed by atoms with Gasteiger partial charge in [-0.3, -0.25) is 4.79 Å². The molecule has 0 aromatic heterocycles. The average molecular weight is 360 g/mol. The van der Waals surface area contributed by atoms with E-state index in [1.165, 1.54) is 13.2 Å². The first-order valence-electron chi connectivity index (χ1n) is 8.46. The normalized spacial score (nSPS) is 11.1. The lowest BCUT2D eigenvalue weighted by Gasteiger charge is -2.11. The molecule has 0 aliphatic carbocycles. The van der Waals surface area contributed by atoms with Crippen molar-refractivity contribution in [3.63, 3.8) is 0 Å². The molecular weight excluding hydrogens is 340 g/mol. The van der Waals surface area contributed by atoms with Gasteiger partial charge in [0.05, 0.1) is 7.11 Å². The maximum Gasteiger partial charge on any atom is 0.271 e. The van der Waals surface area contributed by atoms with Crippen molar-refractivity contribution in [2.75, 3.05) is 7.11 Å². The minimum absolute atomic E-state index is 0.0163. The Morgan fingerprint density at radius 1 is 0.963 bits per heavy atom. The predicted molar refractivity (Wildman–Crippen MR) is 105 cm³/mol. The Kier molecular flexibility index (Phi) is 5.52. The van der Waals surface area contributed by atoms with Crippen LogP contribution in [-0.2, 0) is 0 Å². The molecule has 0 aliphatic rings. The van der Waals surface area contributed by atoms with Crippen molar-refractivity contribution in [1.29, 1.82) is 0 Å². The molecule has 5 heteroatoms. The van der Waals surface area contributed by atoms with Crippen LogP contribution in [0.25, 0.3) is 0 Å². The van der Waals surface area contributed by atoms with Gasteiger partial charge in [0, 0.05) is 22.8 Å². The second-order valence-electron chi connectivity index (χ2n) is 6.02. The summed E-state index contributed by atoms with van der Waals surface area (Å²) in [5.74, 6) is 0.226. The lowest BCUT2D eigenvalue weighted by molar-refractivity contribution is 0.0955. The molecule has 2 N–H and O–H groups in total. The molecule has 0 saturated carbocycles. The molecule has 5 nitrogen and oxygen atoms in total. The van der Waals surface area contributed by atoms with Crippen LogP contribution >= 0.6 is 0 Å². The van der Waals surface area contributed by atoms with E-state index in [2.05, 4.69) is 10.5 Å². The summed E-state index contributed by atoms with van der Waals surface area (Å²) in [7, 11) is 1.53. The van der Waals surface area contributed by atoms with Gasteiger partial charge in [-0.05, 0) is 31.2 Å². The maximum atomic E-state index is 12.4. The first kappa shape index (κ1) is 18.2. The quantitative estimate of drug-likeness (QED) is 0.536. The first-order valence-corrected chi connectivity index (χ1v) is 8.46. The number of carbonyl (C=O) groups is 1. The number of carbonyl (C=O) groups excluding carboxylic acids is 1. The smallest absolute Gasteiger partial charge is 0.271 e. The zero-order valence-corrected chi connectivity index (χ0v) is 15.1. The van der Waals surface area contributed by atoms with E-state index in [0.29, 0.717) is 22.6 Å². The summed E-state index contributed by atoms with van der Waals surface area (Å²) in [6, 6.07) is 21.5. The molecule has 0 atom stereocenters. The standard InChI is InChI=1S/C22H20N2O3/c1-15-8-10-16(11-9-15)21(19-13-12-18(27-2)14-20(19)25)23-24-22(26)17-6-4-3-5-7-17/h3-14,25H,1-2H3,(H,24,26)/b23-21-. The number of hydrogen-bond acceptors (Lipinski definition) is 4. The third-order valence-electron chi connectivity index (χ3n) is 4.09. The second-order valence-corrected chi connectivity index (χ2v) is 6.02. The van der Waals surface area contributed by atoms with Gasteiger partial charge in [0.2, 0.25) is 0 Å². The van der Waals surface area contributed by atoms with Crippen LogP contribution in [0.15, 0.2) is 77.9 Å². The number of aryl methyl sites for hydroxylation is 1. The van der Waals surface area contributed by atoms with Crippen LogP contribution in [0.2, 0.25) is 0 Å². The number of phenolic OH excluding ortho intramolecular Hbond substituents is 1. The highest BCUT2D eigenvalue weighted by molar-refractivity contribution is 6.15. The highest BCUT2D eigenvalue weighted by Crippen LogP contribution is 2.26. The number of ether oxygens (including phenoxy) is 1. The largest absolute Gasteiger partial charge is 0.507 e. The first-order chi connectivity index (χ1) is 13.1. The fourth-order valence-electron chi connectivity index (χ4n) is 2.59. The SMILES string of the molecule is COc1ccc(/C(=N\NC(=O)c2ccccc2)c2ccc(C)cc2)c(O)c1. The van der Waals surface area contributed by atoms with Gasteiger partial charge in [0.15, 0.2) is 0 Å². The van der Waals surface area contributed by atoms with Crippen LogP contribution in [0.3, 0.4) is 0 Å². The molecule has 3 rings (SSSR count). The van der Waals surface area contributed by atoms with Gasteiger partial charge in [-0.25, -0.2) is 5.43 Å². The summed E-state index contributed by atoms with van der Waals surface area (Å²) in [4.78, 5) is 12.4. The molecule has 0 bridgehead atoms. The molecule has 27 heavy (non-hydrogen) atoms. The van der Waals surface area contributed by atoms with E-state index in [1.54, 1.807) is 36.4 Å². The third kappa shape index (κ3) is 4.33. The summed E-state index contributed by atoms with van der Waals surface area (Å²) in [5.41, 5.74) is 5.90. The Hall–Kier alpha value is -3.60. The zero-order valence-electron chi connectivity index (χ0n) is 15.1. The number of methoxy groups -OCH3 is 1. The van der Waals surface area contributed by atoms with E-state index < -0.39 is 0 Å².